The van der Waals surface area contributed by atoms with Crippen LogP contribution in [0.2, 0.25) is 4.34 Å². The number of thiophene rings is 1. The van der Waals surface area contributed by atoms with Gasteiger partial charge in [-0.15, -0.1) is 15.7 Å². The van der Waals surface area contributed by atoms with Gasteiger partial charge in [-0.2, -0.15) is 8.42 Å². The molecule has 1 aromatic carbocycles. The van der Waals surface area contributed by atoms with E-state index in [4.69, 9.17) is 11.6 Å². The summed E-state index contributed by atoms with van der Waals surface area (Å²) in [6.07, 6.45) is 0. The molecule has 0 unspecified atom stereocenters. The molecule has 3 aromatic rings. The van der Waals surface area contributed by atoms with Crippen LogP contribution in [0.15, 0.2) is 43.4 Å². The minimum absolute atomic E-state index is 0.143. The third kappa shape index (κ3) is 2.83. The second-order valence-electron chi connectivity index (χ2n) is 4.16. The molecule has 0 fully saturated rings. The summed E-state index contributed by atoms with van der Waals surface area (Å²) in [6, 6.07) is 8.76. The van der Waals surface area contributed by atoms with Crippen molar-refractivity contribution in [2.75, 3.05) is 0 Å². The summed E-state index contributed by atoms with van der Waals surface area (Å²) in [7, 11) is -1.95. The van der Waals surface area contributed by atoms with Crippen molar-refractivity contribution in [2.45, 2.75) is 4.21 Å². The van der Waals surface area contributed by atoms with E-state index < -0.39 is 10.0 Å². The zero-order valence-electron chi connectivity index (χ0n) is 10.6. The van der Waals surface area contributed by atoms with Crippen LogP contribution in [-0.2, 0) is 17.1 Å². The number of halogens is 2. The van der Waals surface area contributed by atoms with Gasteiger partial charge in [0.25, 0.3) is 10.0 Å². The van der Waals surface area contributed by atoms with E-state index in [0.717, 1.165) is 26.0 Å². The van der Waals surface area contributed by atoms with Crippen molar-refractivity contribution in [1.82, 2.24) is 4.57 Å². The molecule has 0 N–H and O–H groups in total. The molecule has 0 bridgehead atoms. The fourth-order valence-corrected chi connectivity index (χ4v) is 6.33. The van der Waals surface area contributed by atoms with Crippen molar-refractivity contribution >= 4 is 70.4 Å². The van der Waals surface area contributed by atoms with Gasteiger partial charge >= 0.3 is 0 Å². The fraction of sp³-hybridized carbons (Fsp3) is 0.0833. The van der Waals surface area contributed by atoms with Crippen molar-refractivity contribution in [1.29, 1.82) is 0 Å². The third-order valence-electron chi connectivity index (χ3n) is 2.77. The molecular formula is C12H8BrClN2O2S3. The van der Waals surface area contributed by atoms with Crippen molar-refractivity contribution in [3.63, 3.8) is 0 Å². The summed E-state index contributed by atoms with van der Waals surface area (Å²) in [5.74, 6) is 0. The number of hydrogen-bond acceptors (Lipinski definition) is 4. The van der Waals surface area contributed by atoms with Crippen LogP contribution in [0.3, 0.4) is 0 Å². The van der Waals surface area contributed by atoms with Crippen LogP contribution >= 0.6 is 50.2 Å². The zero-order chi connectivity index (χ0) is 15.2. The average molecular weight is 424 g/mol. The Bertz CT molecular complexity index is 1000. The molecule has 0 spiro atoms. The molecule has 0 aliphatic heterocycles. The van der Waals surface area contributed by atoms with E-state index in [0.29, 0.717) is 9.14 Å². The zero-order valence-corrected chi connectivity index (χ0v) is 15.4. The lowest BCUT2D eigenvalue weighted by atomic mass is 10.3. The van der Waals surface area contributed by atoms with Gasteiger partial charge in [0.05, 0.1) is 14.6 Å². The van der Waals surface area contributed by atoms with Crippen molar-refractivity contribution in [2.24, 2.45) is 11.4 Å². The third-order valence-corrected chi connectivity index (χ3v) is 7.59. The highest BCUT2D eigenvalue weighted by molar-refractivity contribution is 9.10. The Morgan fingerprint density at radius 1 is 1.24 bits per heavy atom. The first-order valence-electron chi connectivity index (χ1n) is 5.69. The lowest BCUT2D eigenvalue weighted by Crippen LogP contribution is -2.13. The Morgan fingerprint density at radius 2 is 2.00 bits per heavy atom. The van der Waals surface area contributed by atoms with Crippen LogP contribution in [0.1, 0.15) is 0 Å². The minimum Gasteiger partial charge on any atom is -0.318 e. The molecule has 0 saturated carbocycles. The van der Waals surface area contributed by atoms with Gasteiger partial charge in [0.15, 0.2) is 0 Å². The van der Waals surface area contributed by atoms with Crippen molar-refractivity contribution in [3.05, 3.63) is 43.9 Å². The fourth-order valence-electron chi connectivity index (χ4n) is 1.83. The number of rotatable bonds is 2. The minimum atomic E-state index is -3.74. The van der Waals surface area contributed by atoms with E-state index in [2.05, 4.69) is 20.3 Å². The molecule has 0 amide bonds. The smallest absolute Gasteiger partial charge is 0.294 e. The lowest BCUT2D eigenvalue weighted by Gasteiger charge is -1.98. The van der Waals surface area contributed by atoms with Crippen LogP contribution in [0.25, 0.3) is 10.2 Å². The van der Waals surface area contributed by atoms with Gasteiger partial charge in [0, 0.05) is 11.5 Å². The Morgan fingerprint density at radius 3 is 2.62 bits per heavy atom. The molecule has 0 aliphatic rings. The maximum Gasteiger partial charge on any atom is 0.294 e. The highest BCUT2D eigenvalue weighted by Crippen LogP contribution is 2.28. The van der Waals surface area contributed by atoms with E-state index >= 15 is 0 Å². The molecule has 0 radical (unpaired) electrons. The van der Waals surface area contributed by atoms with Crippen LogP contribution in [-0.4, -0.2) is 13.0 Å². The van der Waals surface area contributed by atoms with E-state index in [1.54, 1.807) is 17.7 Å². The second-order valence-corrected chi connectivity index (χ2v) is 9.56. The topological polar surface area (TPSA) is 51.4 Å². The number of thiazole rings is 1. The standard InChI is InChI=1S/C12H8BrClN2O2S3/c1-16-11-7(13)3-2-4-8(11)19-12(16)15-21(17,18)10-6-5-9(14)20-10/h2-6H,1H3/b15-12-. The highest BCUT2D eigenvalue weighted by atomic mass is 79.9. The molecular weight excluding hydrogens is 416 g/mol. The summed E-state index contributed by atoms with van der Waals surface area (Å²) in [5.41, 5.74) is 0.917. The summed E-state index contributed by atoms with van der Waals surface area (Å²) < 4.78 is 32.7. The van der Waals surface area contributed by atoms with E-state index in [-0.39, 0.29) is 4.21 Å². The summed E-state index contributed by atoms with van der Waals surface area (Å²) in [6.45, 7) is 0. The van der Waals surface area contributed by atoms with Gasteiger partial charge in [-0.3, -0.25) is 0 Å². The van der Waals surface area contributed by atoms with E-state index in [9.17, 15) is 8.42 Å². The first-order chi connectivity index (χ1) is 9.88. The maximum atomic E-state index is 12.3. The molecule has 0 saturated heterocycles. The van der Waals surface area contributed by atoms with Gasteiger partial charge in [-0.1, -0.05) is 29.0 Å². The average Bonchev–Trinajstić information content (AvgIpc) is 2.96. The van der Waals surface area contributed by atoms with Crippen LogP contribution in [0, 0.1) is 0 Å². The van der Waals surface area contributed by atoms with Gasteiger partial charge in [-0.05, 0) is 40.2 Å². The Labute approximate surface area is 142 Å². The normalized spacial score (nSPS) is 13.2. The quantitative estimate of drug-likeness (QED) is 0.625. The van der Waals surface area contributed by atoms with E-state index in [1.165, 1.54) is 17.4 Å². The summed E-state index contributed by atoms with van der Waals surface area (Å²) >= 11 is 11.6. The number of hydrogen-bond donors (Lipinski definition) is 0. The SMILES string of the molecule is Cn1/c(=N/S(=O)(=O)c2ccc(Cl)s2)sc2cccc(Br)c21. The molecule has 0 atom stereocenters. The Balaban J connectivity index is 2.25. The van der Waals surface area contributed by atoms with Crippen molar-refractivity contribution < 1.29 is 8.42 Å². The largest absolute Gasteiger partial charge is 0.318 e. The number of sulfonamides is 1. The number of aromatic nitrogens is 1. The molecule has 2 heterocycles. The number of benzene rings is 1. The molecule has 21 heavy (non-hydrogen) atoms. The van der Waals surface area contributed by atoms with Crippen LogP contribution in [0.4, 0.5) is 0 Å². The molecule has 4 nitrogen and oxygen atoms in total. The van der Waals surface area contributed by atoms with Gasteiger partial charge in [0.1, 0.15) is 4.21 Å². The second kappa shape index (κ2) is 5.51. The summed E-state index contributed by atoms with van der Waals surface area (Å²) in [4.78, 5) is 0.418. The molecule has 3 rings (SSSR count). The monoisotopic (exact) mass is 422 g/mol. The maximum absolute atomic E-state index is 12.3. The molecule has 9 heteroatoms. The number of aryl methyl sites for hydroxylation is 1. The molecule has 0 aliphatic carbocycles. The highest BCUT2D eigenvalue weighted by Gasteiger charge is 2.16. The first kappa shape index (κ1) is 15.2. The van der Waals surface area contributed by atoms with E-state index in [1.807, 2.05) is 18.2 Å². The Kier molecular flexibility index (Phi) is 4.00. The van der Waals surface area contributed by atoms with Crippen LogP contribution < -0.4 is 4.80 Å². The van der Waals surface area contributed by atoms with Gasteiger partial charge in [-0.25, -0.2) is 0 Å². The van der Waals surface area contributed by atoms with Crippen molar-refractivity contribution in [3.8, 4) is 0 Å². The number of nitrogens with zero attached hydrogens (tertiary/aromatic N) is 2. The predicted molar refractivity (Wildman–Crippen MR) is 90.6 cm³/mol. The van der Waals surface area contributed by atoms with Gasteiger partial charge < -0.3 is 4.57 Å². The predicted octanol–water partition coefficient (Wildman–Crippen LogP) is 4.01. The molecule has 110 valence electrons. The lowest BCUT2D eigenvalue weighted by molar-refractivity contribution is 0.598. The Hall–Kier alpha value is -0.670. The van der Waals surface area contributed by atoms with Crippen LogP contribution in [0.5, 0.6) is 0 Å². The molecule has 2 aromatic heterocycles. The summed E-state index contributed by atoms with van der Waals surface area (Å²) in [5, 5.41) is 0. The number of fused-ring (bicyclic) bond motifs is 1. The first-order valence-corrected chi connectivity index (χ1v) is 9.93. The number of para-hydroxylation sites is 1. The van der Waals surface area contributed by atoms with Gasteiger partial charge in [0.2, 0.25) is 4.80 Å².